The van der Waals surface area contributed by atoms with Crippen molar-refractivity contribution in [2.24, 2.45) is 0 Å². The number of ether oxygens (including phenoxy) is 1. The molecule has 0 atom stereocenters. The molecular weight excluding hydrogens is 467 g/mol. The van der Waals surface area contributed by atoms with Gasteiger partial charge < -0.3 is 15.0 Å². The van der Waals surface area contributed by atoms with Crippen molar-refractivity contribution in [3.05, 3.63) is 77.2 Å². The van der Waals surface area contributed by atoms with E-state index in [9.17, 15) is 18.0 Å². The van der Waals surface area contributed by atoms with Crippen molar-refractivity contribution in [1.29, 1.82) is 0 Å². The highest BCUT2D eigenvalue weighted by molar-refractivity contribution is 7.98. The number of pyridine rings is 1. The van der Waals surface area contributed by atoms with Crippen LogP contribution < -0.4 is 10.2 Å². The second kappa shape index (κ2) is 10.8. The van der Waals surface area contributed by atoms with Crippen LogP contribution in [0.3, 0.4) is 0 Å². The summed E-state index contributed by atoms with van der Waals surface area (Å²) >= 11 is 1.12. The predicted molar refractivity (Wildman–Crippen MR) is 121 cm³/mol. The van der Waals surface area contributed by atoms with Gasteiger partial charge in [0.2, 0.25) is 0 Å². The number of halogens is 3. The third-order valence-corrected chi connectivity index (χ3v) is 6.00. The molecule has 0 saturated carbocycles. The van der Waals surface area contributed by atoms with Gasteiger partial charge in [-0.2, -0.15) is 13.2 Å². The number of amides is 1. The summed E-state index contributed by atoms with van der Waals surface area (Å²) in [6.07, 6.45) is -1.22. The molecule has 1 aliphatic rings. The zero-order chi connectivity index (χ0) is 24.0. The fraction of sp³-hybridized carbons (Fsp3) is 0.304. The summed E-state index contributed by atoms with van der Waals surface area (Å²) in [5.41, 5.74) is 1.25. The van der Waals surface area contributed by atoms with Gasteiger partial charge in [-0.25, -0.2) is 9.97 Å². The number of alkyl halides is 3. The molecule has 11 heteroatoms. The number of benzene rings is 1. The van der Waals surface area contributed by atoms with Gasteiger partial charge in [-0.1, -0.05) is 30.0 Å². The summed E-state index contributed by atoms with van der Waals surface area (Å²) in [5, 5.41) is 2.88. The second-order valence-corrected chi connectivity index (χ2v) is 8.46. The summed E-state index contributed by atoms with van der Waals surface area (Å²) < 4.78 is 45.4. The Kier molecular flexibility index (Phi) is 7.63. The number of rotatable bonds is 7. The van der Waals surface area contributed by atoms with E-state index in [0.29, 0.717) is 44.2 Å². The van der Waals surface area contributed by atoms with E-state index in [1.807, 2.05) is 6.07 Å². The molecule has 178 valence electrons. The van der Waals surface area contributed by atoms with E-state index in [-0.39, 0.29) is 16.9 Å². The highest BCUT2D eigenvalue weighted by Crippen LogP contribution is 2.32. The van der Waals surface area contributed by atoms with Gasteiger partial charge in [-0.3, -0.25) is 9.78 Å². The summed E-state index contributed by atoms with van der Waals surface area (Å²) in [4.78, 5) is 26.2. The van der Waals surface area contributed by atoms with E-state index in [1.165, 1.54) is 0 Å². The number of thioether (sulfide) groups is 1. The van der Waals surface area contributed by atoms with Crippen LogP contribution in [0.15, 0.2) is 60.0 Å². The number of hydrogen-bond acceptors (Lipinski definition) is 7. The third-order valence-electron chi connectivity index (χ3n) is 5.08. The van der Waals surface area contributed by atoms with Crippen molar-refractivity contribution in [3.63, 3.8) is 0 Å². The fourth-order valence-corrected chi connectivity index (χ4v) is 4.07. The van der Waals surface area contributed by atoms with Crippen molar-refractivity contribution in [1.82, 2.24) is 20.3 Å². The molecule has 3 heterocycles. The van der Waals surface area contributed by atoms with Gasteiger partial charge in [0.25, 0.3) is 5.91 Å². The predicted octanol–water partition coefficient (Wildman–Crippen LogP) is 3.95. The van der Waals surface area contributed by atoms with E-state index in [1.54, 1.807) is 47.6 Å². The Balaban J connectivity index is 1.40. The van der Waals surface area contributed by atoms with Crippen molar-refractivity contribution in [3.8, 4) is 0 Å². The first-order valence-electron chi connectivity index (χ1n) is 10.6. The summed E-state index contributed by atoms with van der Waals surface area (Å²) in [5.74, 6) is 0.384. The molecule has 2 aromatic heterocycles. The van der Waals surface area contributed by atoms with Crippen molar-refractivity contribution < 1.29 is 22.7 Å². The molecule has 1 N–H and O–H groups in total. The van der Waals surface area contributed by atoms with Gasteiger partial charge in [-0.15, -0.1) is 0 Å². The number of nitrogens with zero attached hydrogens (tertiary/aromatic N) is 4. The van der Waals surface area contributed by atoms with E-state index >= 15 is 0 Å². The van der Waals surface area contributed by atoms with Crippen LogP contribution >= 0.6 is 11.8 Å². The Hall–Kier alpha value is -3.18. The Morgan fingerprint density at radius 2 is 1.85 bits per heavy atom. The molecule has 1 amide bonds. The molecule has 1 aromatic carbocycles. The van der Waals surface area contributed by atoms with Gasteiger partial charge in [0, 0.05) is 49.4 Å². The van der Waals surface area contributed by atoms with Gasteiger partial charge in [0.05, 0.1) is 13.2 Å². The van der Waals surface area contributed by atoms with Crippen molar-refractivity contribution >= 4 is 23.5 Å². The summed E-state index contributed by atoms with van der Waals surface area (Å²) in [7, 11) is 0. The van der Waals surface area contributed by atoms with E-state index in [4.69, 9.17) is 4.74 Å². The molecule has 1 fully saturated rings. The topological polar surface area (TPSA) is 80.2 Å². The SMILES string of the molecule is O=C(NCc1cccnc1)c1ccc(CSc2nc(N3CCOCC3)cc(C(F)(F)F)n2)cc1. The van der Waals surface area contributed by atoms with Crippen LogP contribution in [0.1, 0.15) is 27.2 Å². The Labute approximate surface area is 198 Å². The number of hydrogen-bond donors (Lipinski definition) is 1. The van der Waals surface area contributed by atoms with Crippen LogP contribution in [0.4, 0.5) is 19.0 Å². The molecule has 3 aromatic rings. The van der Waals surface area contributed by atoms with Crippen LogP contribution in [-0.2, 0) is 23.2 Å². The number of nitrogens with one attached hydrogen (secondary N) is 1. The summed E-state index contributed by atoms with van der Waals surface area (Å²) in [6.45, 7) is 2.19. The maximum absolute atomic E-state index is 13.4. The minimum absolute atomic E-state index is 0.0506. The second-order valence-electron chi connectivity index (χ2n) is 7.52. The molecule has 4 rings (SSSR count). The highest BCUT2D eigenvalue weighted by Gasteiger charge is 2.34. The molecule has 0 radical (unpaired) electrons. The largest absolute Gasteiger partial charge is 0.433 e. The van der Waals surface area contributed by atoms with Crippen molar-refractivity contribution in [2.45, 2.75) is 23.6 Å². The zero-order valence-electron chi connectivity index (χ0n) is 18.1. The monoisotopic (exact) mass is 489 g/mol. The number of carbonyl (C=O) groups is 1. The average Bonchev–Trinajstić information content (AvgIpc) is 2.87. The number of carbonyl (C=O) groups excluding carboxylic acids is 1. The normalized spacial score (nSPS) is 14.1. The minimum atomic E-state index is -4.57. The highest BCUT2D eigenvalue weighted by atomic mass is 32.2. The Morgan fingerprint density at radius 1 is 1.09 bits per heavy atom. The molecule has 7 nitrogen and oxygen atoms in total. The quantitative estimate of drug-likeness (QED) is 0.398. The lowest BCUT2D eigenvalue weighted by Crippen LogP contribution is -2.37. The first-order valence-corrected chi connectivity index (χ1v) is 11.5. The molecule has 1 aliphatic heterocycles. The average molecular weight is 490 g/mol. The number of anilines is 1. The summed E-state index contributed by atoms with van der Waals surface area (Å²) in [6, 6.07) is 11.5. The smallest absolute Gasteiger partial charge is 0.378 e. The van der Waals surface area contributed by atoms with Crippen LogP contribution in [-0.4, -0.2) is 47.2 Å². The van der Waals surface area contributed by atoms with Gasteiger partial charge >= 0.3 is 6.18 Å². The van der Waals surface area contributed by atoms with E-state index in [0.717, 1.165) is 29.0 Å². The molecule has 1 saturated heterocycles. The molecule has 0 unspecified atom stereocenters. The first-order chi connectivity index (χ1) is 16.4. The molecular formula is C23H22F3N5O2S. The van der Waals surface area contributed by atoms with Gasteiger partial charge in [0.1, 0.15) is 5.82 Å². The lowest BCUT2D eigenvalue weighted by molar-refractivity contribution is -0.141. The van der Waals surface area contributed by atoms with Crippen LogP contribution in [0.2, 0.25) is 0 Å². The van der Waals surface area contributed by atoms with Crippen LogP contribution in [0.5, 0.6) is 0 Å². The van der Waals surface area contributed by atoms with E-state index in [2.05, 4.69) is 20.3 Å². The maximum Gasteiger partial charge on any atom is 0.433 e. The van der Waals surface area contributed by atoms with Gasteiger partial charge in [-0.05, 0) is 29.3 Å². The Morgan fingerprint density at radius 3 is 2.53 bits per heavy atom. The molecule has 0 aliphatic carbocycles. The lowest BCUT2D eigenvalue weighted by atomic mass is 10.1. The zero-order valence-corrected chi connectivity index (χ0v) is 18.9. The van der Waals surface area contributed by atoms with Crippen LogP contribution in [0.25, 0.3) is 0 Å². The lowest BCUT2D eigenvalue weighted by Gasteiger charge is -2.28. The first kappa shape index (κ1) is 24.0. The third kappa shape index (κ3) is 6.45. The molecule has 34 heavy (non-hydrogen) atoms. The standard InChI is InChI=1S/C23H22F3N5O2S/c24-23(25,26)19-12-20(31-8-10-33-11-9-31)30-22(29-19)34-15-16-3-5-18(6-4-16)21(32)28-14-17-2-1-7-27-13-17/h1-7,12-13H,8-11,14-15H2,(H,28,32). The van der Waals surface area contributed by atoms with E-state index < -0.39 is 11.9 Å². The Bertz CT molecular complexity index is 1110. The number of aromatic nitrogens is 3. The van der Waals surface area contributed by atoms with Gasteiger partial charge in [0.15, 0.2) is 10.9 Å². The number of morpholine rings is 1. The molecule has 0 spiro atoms. The minimum Gasteiger partial charge on any atom is -0.378 e. The maximum atomic E-state index is 13.4. The fourth-order valence-electron chi connectivity index (χ4n) is 3.26. The van der Waals surface area contributed by atoms with Crippen molar-refractivity contribution in [2.75, 3.05) is 31.2 Å². The van der Waals surface area contributed by atoms with Crippen LogP contribution in [0, 0.1) is 0 Å². The molecule has 0 bridgehead atoms.